The van der Waals surface area contributed by atoms with Gasteiger partial charge in [0, 0.05) is 0 Å². The minimum absolute atomic E-state index is 0.181. The Morgan fingerprint density at radius 2 is 0.970 bits per heavy atom. The third-order valence-electron chi connectivity index (χ3n) is 4.53. The van der Waals surface area contributed by atoms with E-state index in [4.69, 9.17) is 42.6 Å². The zero-order chi connectivity index (χ0) is 23.1. The van der Waals surface area contributed by atoms with Crippen LogP contribution in [0.2, 0.25) is 0 Å². The van der Waals surface area contributed by atoms with E-state index in [1.807, 2.05) is 30.3 Å². The highest BCUT2D eigenvalue weighted by molar-refractivity contribution is 5.13. The highest BCUT2D eigenvalue weighted by Gasteiger charge is 2.10. The zero-order valence-corrected chi connectivity index (χ0v) is 19.7. The Hall–Kier alpha value is -1.14. The molecule has 1 aliphatic heterocycles. The number of hydrogen-bond acceptors (Lipinski definition) is 9. The first-order chi connectivity index (χ1) is 16.4. The van der Waals surface area contributed by atoms with Crippen molar-refractivity contribution < 1.29 is 42.6 Å². The van der Waals surface area contributed by atoms with Gasteiger partial charge in [-0.3, -0.25) is 0 Å². The van der Waals surface area contributed by atoms with Gasteiger partial charge in [-0.05, 0) is 5.56 Å². The highest BCUT2D eigenvalue weighted by Crippen LogP contribution is 2.03. The predicted molar refractivity (Wildman–Crippen MR) is 122 cm³/mol. The second-order valence-corrected chi connectivity index (χ2v) is 7.24. The monoisotopic (exact) mass is 472 g/mol. The van der Waals surface area contributed by atoms with Crippen LogP contribution in [0, 0.1) is 0 Å². The molecule has 1 fully saturated rings. The van der Waals surface area contributed by atoms with Crippen LogP contribution in [-0.2, 0) is 49.2 Å². The van der Waals surface area contributed by atoms with Gasteiger partial charge in [-0.15, -0.1) is 0 Å². The summed E-state index contributed by atoms with van der Waals surface area (Å²) in [6.07, 6.45) is -0.181. The summed E-state index contributed by atoms with van der Waals surface area (Å²) in [5.41, 5.74) is 1.12. The van der Waals surface area contributed by atoms with Crippen molar-refractivity contribution in [2.24, 2.45) is 0 Å². The van der Waals surface area contributed by atoms with Crippen molar-refractivity contribution in [3.63, 3.8) is 0 Å². The van der Waals surface area contributed by atoms with Crippen molar-refractivity contribution in [2.75, 3.05) is 106 Å². The fourth-order valence-electron chi connectivity index (χ4n) is 2.83. The minimum atomic E-state index is -0.181. The van der Waals surface area contributed by atoms with Gasteiger partial charge in [-0.2, -0.15) is 0 Å². The van der Waals surface area contributed by atoms with Crippen molar-refractivity contribution in [3.8, 4) is 0 Å². The van der Waals surface area contributed by atoms with Crippen LogP contribution < -0.4 is 0 Å². The summed E-state index contributed by atoms with van der Waals surface area (Å²) in [6, 6.07) is 10.1. The molecule has 1 heterocycles. The maximum atomic E-state index is 5.91. The Morgan fingerprint density at radius 1 is 0.545 bits per heavy atom. The van der Waals surface area contributed by atoms with E-state index >= 15 is 0 Å². The summed E-state index contributed by atoms with van der Waals surface area (Å²) in [5.74, 6) is 0. The van der Waals surface area contributed by atoms with Crippen LogP contribution in [0.1, 0.15) is 5.56 Å². The molecular weight excluding hydrogens is 432 g/mol. The second-order valence-electron chi connectivity index (χ2n) is 7.24. The SMILES string of the molecule is c1ccc(COCC2COCCOCCOCCOCCOCCOCCOCCO2)cc1. The molecule has 1 aromatic rings. The minimum Gasteiger partial charge on any atom is -0.377 e. The van der Waals surface area contributed by atoms with E-state index < -0.39 is 0 Å². The molecule has 1 unspecified atom stereocenters. The molecule has 0 aliphatic carbocycles. The third kappa shape index (κ3) is 17.0. The number of benzene rings is 1. The van der Waals surface area contributed by atoms with E-state index in [0.717, 1.165) is 5.56 Å². The van der Waals surface area contributed by atoms with Gasteiger partial charge in [0.1, 0.15) is 6.10 Å². The molecule has 0 N–H and O–H groups in total. The van der Waals surface area contributed by atoms with Crippen LogP contribution in [0.4, 0.5) is 0 Å². The maximum absolute atomic E-state index is 5.91. The Balaban J connectivity index is 1.64. The van der Waals surface area contributed by atoms with Crippen molar-refractivity contribution in [1.29, 1.82) is 0 Å². The van der Waals surface area contributed by atoms with Crippen LogP contribution in [-0.4, -0.2) is 112 Å². The zero-order valence-electron chi connectivity index (χ0n) is 19.7. The predicted octanol–water partition coefficient (Wildman–Crippen LogP) is 1.72. The highest BCUT2D eigenvalue weighted by atomic mass is 16.6. The first-order valence-corrected chi connectivity index (χ1v) is 11.7. The van der Waals surface area contributed by atoms with Gasteiger partial charge in [0.05, 0.1) is 112 Å². The molecule has 1 aromatic carbocycles. The van der Waals surface area contributed by atoms with Gasteiger partial charge in [0.2, 0.25) is 0 Å². The Labute approximate surface area is 197 Å². The van der Waals surface area contributed by atoms with E-state index in [-0.39, 0.29) is 6.10 Å². The molecule has 0 bridgehead atoms. The second kappa shape index (κ2) is 21.4. The first-order valence-electron chi connectivity index (χ1n) is 11.7. The van der Waals surface area contributed by atoms with Gasteiger partial charge in [-0.1, -0.05) is 30.3 Å². The molecule has 1 aliphatic rings. The van der Waals surface area contributed by atoms with Crippen LogP contribution in [0.25, 0.3) is 0 Å². The average Bonchev–Trinajstić information content (AvgIpc) is 2.84. The summed E-state index contributed by atoms with van der Waals surface area (Å²) in [7, 11) is 0. The average molecular weight is 473 g/mol. The summed E-state index contributed by atoms with van der Waals surface area (Å²) in [5, 5.41) is 0. The van der Waals surface area contributed by atoms with E-state index in [9.17, 15) is 0 Å². The summed E-state index contributed by atoms with van der Waals surface area (Å²) in [4.78, 5) is 0. The summed E-state index contributed by atoms with van der Waals surface area (Å²) < 4.78 is 50.4. The van der Waals surface area contributed by atoms with Crippen molar-refractivity contribution in [2.45, 2.75) is 12.7 Å². The topological polar surface area (TPSA) is 83.1 Å². The Morgan fingerprint density at radius 3 is 1.45 bits per heavy atom. The smallest absolute Gasteiger partial charge is 0.104 e. The van der Waals surface area contributed by atoms with E-state index in [1.165, 1.54) is 0 Å². The van der Waals surface area contributed by atoms with E-state index in [2.05, 4.69) is 0 Å². The number of ether oxygens (including phenoxy) is 9. The largest absolute Gasteiger partial charge is 0.377 e. The lowest BCUT2D eigenvalue weighted by Gasteiger charge is -2.18. The molecule has 0 aromatic heterocycles. The first kappa shape index (κ1) is 28.1. The van der Waals surface area contributed by atoms with Crippen LogP contribution >= 0.6 is 0 Å². The fraction of sp³-hybridized carbons (Fsp3) is 0.750. The van der Waals surface area contributed by atoms with Gasteiger partial charge >= 0.3 is 0 Å². The molecule has 1 saturated heterocycles. The van der Waals surface area contributed by atoms with Gasteiger partial charge < -0.3 is 42.6 Å². The summed E-state index contributed by atoms with van der Waals surface area (Å²) in [6.45, 7) is 8.60. The molecular formula is C24H40O9. The molecule has 0 amide bonds. The maximum Gasteiger partial charge on any atom is 0.104 e. The molecule has 9 nitrogen and oxygen atoms in total. The van der Waals surface area contributed by atoms with Crippen LogP contribution in [0.5, 0.6) is 0 Å². The Kier molecular flexibility index (Phi) is 18.2. The lowest BCUT2D eigenvalue weighted by molar-refractivity contribution is -0.0852. The summed E-state index contributed by atoms with van der Waals surface area (Å²) >= 11 is 0. The number of hydrogen-bond donors (Lipinski definition) is 0. The van der Waals surface area contributed by atoms with Crippen LogP contribution in [0.3, 0.4) is 0 Å². The molecule has 33 heavy (non-hydrogen) atoms. The van der Waals surface area contributed by atoms with E-state index in [1.54, 1.807) is 0 Å². The van der Waals surface area contributed by atoms with Gasteiger partial charge in [-0.25, -0.2) is 0 Å². The van der Waals surface area contributed by atoms with Gasteiger partial charge in [0.25, 0.3) is 0 Å². The van der Waals surface area contributed by atoms with Crippen molar-refractivity contribution >= 4 is 0 Å². The van der Waals surface area contributed by atoms with Crippen LogP contribution in [0.15, 0.2) is 30.3 Å². The molecule has 0 radical (unpaired) electrons. The lowest BCUT2D eigenvalue weighted by atomic mass is 10.2. The quantitative estimate of drug-likeness (QED) is 0.650. The fourth-order valence-corrected chi connectivity index (χ4v) is 2.83. The molecule has 0 saturated carbocycles. The molecule has 9 heteroatoms. The third-order valence-corrected chi connectivity index (χ3v) is 4.53. The molecule has 190 valence electrons. The molecule has 2 rings (SSSR count). The van der Waals surface area contributed by atoms with Crippen molar-refractivity contribution in [3.05, 3.63) is 35.9 Å². The van der Waals surface area contributed by atoms with Crippen molar-refractivity contribution in [1.82, 2.24) is 0 Å². The normalized spacial score (nSPS) is 22.8. The van der Waals surface area contributed by atoms with Gasteiger partial charge in [0.15, 0.2) is 0 Å². The lowest BCUT2D eigenvalue weighted by Crippen LogP contribution is -2.28. The Bertz CT molecular complexity index is 508. The van der Waals surface area contributed by atoms with E-state index in [0.29, 0.717) is 112 Å². The standard InChI is InChI=1S/C24H40O9/c1-2-4-23(5-3-1)20-32-22-24-21-31-17-16-29-13-12-27-9-8-25-6-7-26-10-11-28-14-15-30-18-19-33-24/h1-5,24H,6-22H2. The number of rotatable bonds is 4. The molecule has 0 spiro atoms. The molecule has 1 atom stereocenters.